The molecule has 0 saturated heterocycles. The Labute approximate surface area is 377 Å². The summed E-state index contributed by atoms with van der Waals surface area (Å²) in [6, 6.07) is 19.3. The van der Waals surface area contributed by atoms with E-state index in [0.717, 1.165) is 11.1 Å². The standard InChI is InChI=1S/C44H40Cl4N8O6/c1-21-7-11-29(45)19-35(21)51-41(59)27-9-13-31(47)37(17-27)53-55-43(61)39(25(5)57)49-33-15-24(4)34(16-23(33)3)50-40(26(6)58)44(62)56-54-38-18-28(10-14-32(38)48)42(60)52-36-20-30(46)12-8-22(36)2/h7-20,25,39-40,49-50,57H,1-6H3,(H,51,59)(H,52,60). The van der Waals surface area contributed by atoms with E-state index in [1.165, 1.54) is 50.2 Å². The van der Waals surface area contributed by atoms with Crippen LogP contribution in [0, 0.1) is 27.7 Å². The van der Waals surface area contributed by atoms with E-state index >= 15 is 0 Å². The summed E-state index contributed by atoms with van der Waals surface area (Å²) in [6.07, 6.45) is -1.24. The lowest BCUT2D eigenvalue weighted by Gasteiger charge is -2.22. The van der Waals surface area contributed by atoms with Crippen molar-refractivity contribution in [1.29, 1.82) is 0 Å². The van der Waals surface area contributed by atoms with Gasteiger partial charge in [0.05, 0.1) is 16.1 Å². The SMILES string of the molecule is CC(=O)C(Nc1cc(C)c(NC(C(=O)N=Nc2cc(C(=O)Nc3cc(Cl)ccc3C)ccc2Cl)C(C)O)cc1C)C(=O)N=Nc1cc(C(=O)Nc2cc(Cl)ccc2C)ccc1Cl. The Balaban J connectivity index is 1.27. The van der Waals surface area contributed by atoms with Gasteiger partial charge in [0.25, 0.3) is 23.6 Å². The van der Waals surface area contributed by atoms with Gasteiger partial charge in [-0.1, -0.05) is 58.5 Å². The molecule has 0 spiro atoms. The Morgan fingerprint density at radius 1 is 0.548 bits per heavy atom. The van der Waals surface area contributed by atoms with Crippen molar-refractivity contribution < 1.29 is 29.1 Å². The lowest BCUT2D eigenvalue weighted by Crippen LogP contribution is -2.38. The molecule has 4 amide bonds. The Hall–Kier alpha value is -6.03. The van der Waals surface area contributed by atoms with Crippen LogP contribution in [-0.2, 0) is 14.4 Å². The quantitative estimate of drug-likeness (QED) is 0.0534. The zero-order chi connectivity index (χ0) is 45.4. The molecule has 0 aromatic heterocycles. The number of aryl methyl sites for hydroxylation is 4. The van der Waals surface area contributed by atoms with Gasteiger partial charge in [0.1, 0.15) is 17.4 Å². The highest BCUT2D eigenvalue weighted by Gasteiger charge is 2.27. The van der Waals surface area contributed by atoms with Crippen LogP contribution in [0.3, 0.4) is 0 Å². The number of halogens is 4. The zero-order valence-electron chi connectivity index (χ0n) is 34.1. The highest BCUT2D eigenvalue weighted by molar-refractivity contribution is 6.34. The second-order valence-electron chi connectivity index (χ2n) is 14.3. The average Bonchev–Trinajstić information content (AvgIpc) is 3.21. The molecule has 0 aliphatic rings. The number of carbonyl (C=O) groups excluding carboxylic acids is 5. The van der Waals surface area contributed by atoms with Gasteiger partial charge in [0.2, 0.25) is 0 Å². The Morgan fingerprint density at radius 2 is 0.984 bits per heavy atom. The van der Waals surface area contributed by atoms with Gasteiger partial charge in [-0.15, -0.1) is 20.5 Å². The molecule has 0 heterocycles. The van der Waals surface area contributed by atoms with Gasteiger partial charge in [-0.25, -0.2) is 0 Å². The number of nitrogens with zero attached hydrogens (tertiary/aromatic N) is 4. The summed E-state index contributed by atoms with van der Waals surface area (Å²) in [6.45, 7) is 9.66. The first kappa shape index (κ1) is 47.0. The van der Waals surface area contributed by atoms with Crippen LogP contribution in [0.25, 0.3) is 0 Å². The number of benzene rings is 5. The normalized spacial score (nSPS) is 12.8. The van der Waals surface area contributed by atoms with E-state index in [4.69, 9.17) is 46.4 Å². The van der Waals surface area contributed by atoms with Gasteiger partial charge in [0.15, 0.2) is 11.8 Å². The smallest absolute Gasteiger partial charge is 0.294 e. The van der Waals surface area contributed by atoms with E-state index in [9.17, 15) is 29.1 Å². The first-order valence-corrected chi connectivity index (χ1v) is 20.3. The summed E-state index contributed by atoms with van der Waals surface area (Å²) in [5.41, 5.74) is 5.00. The van der Waals surface area contributed by atoms with E-state index in [0.29, 0.717) is 43.9 Å². The van der Waals surface area contributed by atoms with Gasteiger partial charge < -0.3 is 26.4 Å². The van der Waals surface area contributed by atoms with Gasteiger partial charge in [-0.2, -0.15) is 0 Å². The number of ketones is 1. The minimum atomic E-state index is -1.45. The fourth-order valence-corrected chi connectivity index (χ4v) is 6.47. The van der Waals surface area contributed by atoms with Crippen LogP contribution in [0.1, 0.15) is 56.8 Å². The molecule has 5 aromatic carbocycles. The van der Waals surface area contributed by atoms with E-state index in [1.807, 2.05) is 13.8 Å². The summed E-state index contributed by atoms with van der Waals surface area (Å²) in [7, 11) is 0. The number of hydrogen-bond donors (Lipinski definition) is 5. The van der Waals surface area contributed by atoms with E-state index in [2.05, 4.69) is 41.7 Å². The molecule has 0 fully saturated rings. The molecular weight excluding hydrogens is 878 g/mol. The van der Waals surface area contributed by atoms with Crippen molar-refractivity contribution in [2.75, 3.05) is 21.3 Å². The predicted octanol–water partition coefficient (Wildman–Crippen LogP) is 11.2. The average molecular weight is 919 g/mol. The first-order valence-electron chi connectivity index (χ1n) is 18.8. The van der Waals surface area contributed by atoms with Gasteiger partial charge in [0, 0.05) is 43.9 Å². The fraction of sp³-hybridized carbons (Fsp3) is 0.205. The maximum atomic E-state index is 13.3. The molecule has 14 nitrogen and oxygen atoms in total. The van der Waals surface area contributed by atoms with Crippen LogP contribution in [-0.4, -0.2) is 52.7 Å². The van der Waals surface area contributed by atoms with Crippen LogP contribution < -0.4 is 21.3 Å². The number of aliphatic hydroxyl groups is 1. The van der Waals surface area contributed by atoms with Crippen molar-refractivity contribution in [2.24, 2.45) is 20.5 Å². The maximum Gasteiger partial charge on any atom is 0.294 e. The summed E-state index contributed by atoms with van der Waals surface area (Å²) in [5, 5.41) is 38.7. The zero-order valence-corrected chi connectivity index (χ0v) is 37.1. The fourth-order valence-electron chi connectivity index (χ4n) is 5.81. The molecule has 62 heavy (non-hydrogen) atoms. The van der Waals surface area contributed by atoms with Crippen LogP contribution in [0.2, 0.25) is 20.1 Å². The lowest BCUT2D eigenvalue weighted by atomic mass is 10.0. The number of nitrogens with one attached hydrogen (secondary N) is 4. The first-order chi connectivity index (χ1) is 29.3. The number of carbonyl (C=O) groups is 5. The molecule has 3 unspecified atom stereocenters. The van der Waals surface area contributed by atoms with Crippen molar-refractivity contribution in [3.63, 3.8) is 0 Å². The molecule has 0 aliphatic heterocycles. The Bertz CT molecular complexity index is 2650. The summed E-state index contributed by atoms with van der Waals surface area (Å²) < 4.78 is 0. The molecule has 320 valence electrons. The predicted molar refractivity (Wildman–Crippen MR) is 243 cm³/mol. The number of aliphatic hydroxyl groups excluding tert-OH is 1. The lowest BCUT2D eigenvalue weighted by molar-refractivity contribution is -0.126. The number of hydrogen-bond acceptors (Lipinski definition) is 10. The molecular formula is C44H40Cl4N8O6. The molecule has 0 radical (unpaired) electrons. The molecule has 5 rings (SSSR count). The highest BCUT2D eigenvalue weighted by Crippen LogP contribution is 2.31. The monoisotopic (exact) mass is 916 g/mol. The van der Waals surface area contributed by atoms with Gasteiger partial charge >= 0.3 is 0 Å². The van der Waals surface area contributed by atoms with Gasteiger partial charge in [-0.05, 0) is 137 Å². The van der Waals surface area contributed by atoms with Crippen LogP contribution in [0.5, 0.6) is 0 Å². The number of anilines is 4. The highest BCUT2D eigenvalue weighted by atomic mass is 35.5. The molecule has 18 heteroatoms. The molecule has 0 saturated carbocycles. The van der Waals surface area contributed by atoms with Crippen LogP contribution >= 0.6 is 46.4 Å². The van der Waals surface area contributed by atoms with Crippen LogP contribution in [0.4, 0.5) is 34.1 Å². The minimum Gasteiger partial charge on any atom is -0.391 e. The molecule has 5 aromatic rings. The van der Waals surface area contributed by atoms with Crippen molar-refractivity contribution in [1.82, 2.24) is 0 Å². The van der Waals surface area contributed by atoms with Crippen LogP contribution in [0.15, 0.2) is 105 Å². The van der Waals surface area contributed by atoms with Gasteiger partial charge in [-0.3, -0.25) is 24.0 Å². The third kappa shape index (κ3) is 12.1. The third-order valence-electron chi connectivity index (χ3n) is 9.41. The number of Topliss-reactive ketones (excluding diaryl/α,β-unsaturated/α-hetero) is 1. The Kier molecular flexibility index (Phi) is 15.7. The van der Waals surface area contributed by atoms with Crippen molar-refractivity contribution in [2.45, 2.75) is 59.7 Å². The summed E-state index contributed by atoms with van der Waals surface area (Å²) >= 11 is 24.8. The largest absolute Gasteiger partial charge is 0.391 e. The number of rotatable bonds is 14. The molecule has 0 aliphatic carbocycles. The van der Waals surface area contributed by atoms with Crippen molar-refractivity contribution in [3.05, 3.63) is 138 Å². The third-order valence-corrected chi connectivity index (χ3v) is 10.5. The topological polar surface area (TPSA) is 203 Å². The second-order valence-corrected chi connectivity index (χ2v) is 16.0. The number of azo groups is 2. The Morgan fingerprint density at radius 3 is 1.42 bits per heavy atom. The summed E-state index contributed by atoms with van der Waals surface area (Å²) in [4.78, 5) is 65.4. The minimum absolute atomic E-state index is 0.0194. The molecule has 0 bridgehead atoms. The number of amides is 4. The second kappa shape index (κ2) is 20.7. The van der Waals surface area contributed by atoms with E-state index in [-0.39, 0.29) is 32.5 Å². The molecule has 5 N–H and O–H groups in total. The maximum absolute atomic E-state index is 13.3. The molecule has 3 atom stereocenters. The van der Waals surface area contributed by atoms with Crippen molar-refractivity contribution in [3.8, 4) is 0 Å². The van der Waals surface area contributed by atoms with E-state index in [1.54, 1.807) is 62.4 Å². The van der Waals surface area contributed by atoms with Crippen molar-refractivity contribution >= 4 is 110 Å². The summed E-state index contributed by atoms with van der Waals surface area (Å²) in [5.74, 6) is -3.27. The van der Waals surface area contributed by atoms with E-state index < -0.39 is 47.6 Å².